The van der Waals surface area contributed by atoms with Gasteiger partial charge in [0.25, 0.3) is 5.91 Å². The Morgan fingerprint density at radius 3 is 3.05 bits per heavy atom. The Labute approximate surface area is 132 Å². The molecule has 0 aliphatic carbocycles. The number of furan rings is 1. The van der Waals surface area contributed by atoms with Gasteiger partial charge >= 0.3 is 0 Å². The minimum atomic E-state index is -0.211. The van der Waals surface area contributed by atoms with Crippen LogP contribution in [0.5, 0.6) is 0 Å². The Hall–Kier alpha value is -2.08. The molecule has 0 aromatic carbocycles. The lowest BCUT2D eigenvalue weighted by Gasteiger charge is -2.24. The van der Waals surface area contributed by atoms with Crippen LogP contribution in [0.3, 0.4) is 0 Å². The van der Waals surface area contributed by atoms with Gasteiger partial charge < -0.3 is 14.6 Å². The van der Waals surface area contributed by atoms with Crippen LogP contribution >= 0.6 is 11.3 Å². The molecule has 0 radical (unpaired) electrons. The molecule has 5 nitrogen and oxygen atoms in total. The molecule has 6 heteroatoms. The summed E-state index contributed by atoms with van der Waals surface area (Å²) in [5, 5.41) is 6.90. The lowest BCUT2D eigenvalue weighted by Crippen LogP contribution is -2.34. The van der Waals surface area contributed by atoms with Gasteiger partial charge in [-0.3, -0.25) is 9.59 Å². The largest absolute Gasteiger partial charge is 0.472 e. The normalized spacial score (nSPS) is 17.6. The third-order valence-corrected chi connectivity index (χ3v) is 4.61. The first kappa shape index (κ1) is 14.8. The van der Waals surface area contributed by atoms with E-state index in [2.05, 4.69) is 16.8 Å². The summed E-state index contributed by atoms with van der Waals surface area (Å²) in [4.78, 5) is 26.1. The van der Waals surface area contributed by atoms with E-state index < -0.39 is 0 Å². The number of thiophene rings is 1. The monoisotopic (exact) mass is 318 g/mol. The van der Waals surface area contributed by atoms with E-state index >= 15 is 0 Å². The van der Waals surface area contributed by atoms with E-state index in [1.54, 1.807) is 17.4 Å². The Morgan fingerprint density at radius 2 is 2.32 bits per heavy atom. The zero-order valence-corrected chi connectivity index (χ0v) is 13.0. The van der Waals surface area contributed by atoms with Gasteiger partial charge in [-0.05, 0) is 41.3 Å². The Bertz CT molecular complexity index is 622. The van der Waals surface area contributed by atoms with Crippen LogP contribution in [-0.4, -0.2) is 29.8 Å². The van der Waals surface area contributed by atoms with E-state index in [0.29, 0.717) is 18.5 Å². The predicted octanol–water partition coefficient (Wildman–Crippen LogP) is 2.82. The van der Waals surface area contributed by atoms with Crippen molar-refractivity contribution in [1.29, 1.82) is 0 Å². The fourth-order valence-corrected chi connectivity index (χ4v) is 3.51. The molecule has 2 aromatic heterocycles. The third-order valence-electron chi connectivity index (χ3n) is 3.91. The fraction of sp³-hybridized carbons (Fsp3) is 0.375. The maximum Gasteiger partial charge on any atom is 0.254 e. The van der Waals surface area contributed by atoms with Gasteiger partial charge in [-0.1, -0.05) is 0 Å². The Morgan fingerprint density at radius 1 is 1.41 bits per heavy atom. The molecule has 0 saturated carbocycles. The lowest BCUT2D eigenvalue weighted by atomic mass is 10.1. The van der Waals surface area contributed by atoms with E-state index in [1.165, 1.54) is 18.1 Å². The van der Waals surface area contributed by atoms with E-state index in [1.807, 2.05) is 10.3 Å². The van der Waals surface area contributed by atoms with Crippen LogP contribution in [-0.2, 0) is 4.79 Å². The molecule has 2 amide bonds. The SMILES string of the molecule is O=C(NCCC(=O)N1CCC[C@@H]1c1ccsc1)c1ccoc1. The first-order valence-corrected chi connectivity index (χ1v) is 8.32. The molecule has 2 aromatic rings. The summed E-state index contributed by atoms with van der Waals surface area (Å²) in [5.74, 6) is -0.112. The van der Waals surface area contributed by atoms with Gasteiger partial charge in [0, 0.05) is 19.5 Å². The van der Waals surface area contributed by atoms with Crippen molar-refractivity contribution in [3.8, 4) is 0 Å². The topological polar surface area (TPSA) is 62.6 Å². The van der Waals surface area contributed by atoms with E-state index in [0.717, 1.165) is 19.4 Å². The highest BCUT2D eigenvalue weighted by molar-refractivity contribution is 7.07. The summed E-state index contributed by atoms with van der Waals surface area (Å²) < 4.78 is 4.86. The van der Waals surface area contributed by atoms with Gasteiger partial charge in [-0.25, -0.2) is 0 Å². The van der Waals surface area contributed by atoms with Gasteiger partial charge in [0.05, 0.1) is 17.9 Å². The summed E-state index contributed by atoms with van der Waals surface area (Å²) in [6.45, 7) is 1.14. The number of likely N-dealkylation sites (tertiary alicyclic amines) is 1. The molecule has 3 rings (SSSR count). The average Bonchev–Trinajstić information content (AvgIpc) is 3.26. The van der Waals surface area contributed by atoms with Gasteiger partial charge in [0.1, 0.15) is 6.26 Å². The molecule has 1 fully saturated rings. The lowest BCUT2D eigenvalue weighted by molar-refractivity contribution is -0.132. The van der Waals surface area contributed by atoms with Crippen LogP contribution in [0.1, 0.15) is 41.2 Å². The van der Waals surface area contributed by atoms with Crippen LogP contribution < -0.4 is 5.32 Å². The summed E-state index contributed by atoms with van der Waals surface area (Å²) in [6.07, 6.45) is 5.22. The molecule has 0 spiro atoms. The molecule has 22 heavy (non-hydrogen) atoms. The summed E-state index contributed by atoms with van der Waals surface area (Å²) >= 11 is 1.66. The summed E-state index contributed by atoms with van der Waals surface area (Å²) in [5.41, 5.74) is 1.70. The Kier molecular flexibility index (Phi) is 4.58. The van der Waals surface area contributed by atoms with Crippen LogP contribution in [0.4, 0.5) is 0 Å². The quantitative estimate of drug-likeness (QED) is 0.922. The van der Waals surface area contributed by atoms with Crippen molar-refractivity contribution >= 4 is 23.2 Å². The van der Waals surface area contributed by atoms with Crippen molar-refractivity contribution in [3.63, 3.8) is 0 Å². The molecule has 1 atom stereocenters. The summed E-state index contributed by atoms with van der Waals surface area (Å²) in [6, 6.07) is 3.88. The van der Waals surface area contributed by atoms with Gasteiger partial charge in [0.2, 0.25) is 5.91 Å². The zero-order chi connectivity index (χ0) is 15.4. The number of carbonyl (C=O) groups excluding carboxylic acids is 2. The molecule has 3 heterocycles. The molecule has 0 bridgehead atoms. The van der Waals surface area contributed by atoms with Crippen LogP contribution in [0.25, 0.3) is 0 Å². The predicted molar refractivity (Wildman–Crippen MR) is 83.7 cm³/mol. The molecule has 1 aliphatic rings. The zero-order valence-electron chi connectivity index (χ0n) is 12.2. The van der Waals surface area contributed by atoms with E-state index in [9.17, 15) is 9.59 Å². The van der Waals surface area contributed by atoms with Crippen molar-refractivity contribution in [1.82, 2.24) is 10.2 Å². The van der Waals surface area contributed by atoms with Gasteiger partial charge in [-0.15, -0.1) is 0 Å². The van der Waals surface area contributed by atoms with Gasteiger partial charge in [-0.2, -0.15) is 11.3 Å². The maximum absolute atomic E-state index is 12.4. The maximum atomic E-state index is 12.4. The second kappa shape index (κ2) is 6.79. The van der Waals surface area contributed by atoms with E-state index in [4.69, 9.17) is 4.42 Å². The van der Waals surface area contributed by atoms with Crippen LogP contribution in [0, 0.1) is 0 Å². The van der Waals surface area contributed by atoms with Crippen LogP contribution in [0.15, 0.2) is 39.8 Å². The van der Waals surface area contributed by atoms with Gasteiger partial charge in [0.15, 0.2) is 0 Å². The first-order valence-electron chi connectivity index (χ1n) is 7.37. The molecule has 0 unspecified atom stereocenters. The highest BCUT2D eigenvalue weighted by Crippen LogP contribution is 2.33. The van der Waals surface area contributed by atoms with Crippen molar-refractivity contribution in [2.24, 2.45) is 0 Å². The number of hydrogen-bond donors (Lipinski definition) is 1. The average molecular weight is 318 g/mol. The molecular formula is C16H18N2O3S. The smallest absolute Gasteiger partial charge is 0.254 e. The molecular weight excluding hydrogens is 300 g/mol. The first-order chi connectivity index (χ1) is 10.8. The number of amides is 2. The third kappa shape index (κ3) is 3.22. The standard InChI is InChI=1S/C16H18N2O3S/c19-15(3-6-17-16(20)12-4-8-21-10-12)18-7-1-2-14(18)13-5-9-22-11-13/h4-5,8-11,14H,1-3,6-7H2,(H,17,20)/t14-/m1/s1. The van der Waals surface area contributed by atoms with E-state index in [-0.39, 0.29) is 17.9 Å². The number of nitrogens with one attached hydrogen (secondary N) is 1. The minimum absolute atomic E-state index is 0.0983. The number of rotatable bonds is 5. The van der Waals surface area contributed by atoms with Crippen molar-refractivity contribution in [2.45, 2.75) is 25.3 Å². The number of nitrogens with zero attached hydrogens (tertiary/aromatic N) is 1. The molecule has 1 saturated heterocycles. The Balaban J connectivity index is 1.50. The number of carbonyl (C=O) groups is 2. The fourth-order valence-electron chi connectivity index (χ4n) is 2.80. The highest BCUT2D eigenvalue weighted by Gasteiger charge is 2.29. The summed E-state index contributed by atoms with van der Waals surface area (Å²) in [7, 11) is 0. The molecule has 1 aliphatic heterocycles. The highest BCUT2D eigenvalue weighted by atomic mass is 32.1. The molecule has 116 valence electrons. The second-order valence-electron chi connectivity index (χ2n) is 5.32. The van der Waals surface area contributed by atoms with Crippen molar-refractivity contribution in [3.05, 3.63) is 46.5 Å². The second-order valence-corrected chi connectivity index (χ2v) is 6.10. The van der Waals surface area contributed by atoms with Crippen molar-refractivity contribution < 1.29 is 14.0 Å². The van der Waals surface area contributed by atoms with Crippen molar-refractivity contribution in [2.75, 3.05) is 13.1 Å². The van der Waals surface area contributed by atoms with Crippen LogP contribution in [0.2, 0.25) is 0 Å². The number of hydrogen-bond acceptors (Lipinski definition) is 4. The molecule has 1 N–H and O–H groups in total. The minimum Gasteiger partial charge on any atom is -0.472 e.